The number of nitrogens with one attached hydrogen (secondary N) is 1. The van der Waals surface area contributed by atoms with Crippen LogP contribution in [0, 0.1) is 6.92 Å². The molecule has 1 aliphatic carbocycles. The second-order valence-corrected chi connectivity index (χ2v) is 3.95. The van der Waals surface area contributed by atoms with Crippen molar-refractivity contribution < 1.29 is 8.81 Å². The van der Waals surface area contributed by atoms with Gasteiger partial charge in [0.1, 0.15) is 17.7 Å². The number of aryl methyl sites for hydroxylation is 1. The lowest BCUT2D eigenvalue weighted by atomic mass is 10.2. The summed E-state index contributed by atoms with van der Waals surface area (Å²) in [5, 5.41) is 3.19. The van der Waals surface area contributed by atoms with Crippen LogP contribution < -0.4 is 5.32 Å². The largest absolute Gasteiger partial charge is 0.465 e. The Balaban J connectivity index is 1.82. The second-order valence-electron chi connectivity index (χ2n) is 3.95. The van der Waals surface area contributed by atoms with E-state index in [1.54, 1.807) is 0 Å². The van der Waals surface area contributed by atoms with Crippen molar-refractivity contribution in [3.8, 4) is 0 Å². The number of rotatable bonds is 3. The summed E-state index contributed by atoms with van der Waals surface area (Å²) < 4.78 is 18.6. The summed E-state index contributed by atoms with van der Waals surface area (Å²) in [6.45, 7) is 2.55. The predicted octanol–water partition coefficient (Wildman–Crippen LogP) is 2.57. The molecule has 3 heteroatoms. The Labute approximate surface area is 83.5 Å². The molecule has 78 valence electrons. The molecule has 14 heavy (non-hydrogen) atoms. The van der Waals surface area contributed by atoms with Gasteiger partial charge in [-0.2, -0.15) is 0 Å². The van der Waals surface area contributed by atoms with Crippen LogP contribution in [0.1, 0.15) is 30.8 Å². The van der Waals surface area contributed by atoms with Gasteiger partial charge in [0.25, 0.3) is 0 Å². The van der Waals surface area contributed by atoms with Gasteiger partial charge >= 0.3 is 0 Å². The fraction of sp³-hybridized carbons (Fsp3) is 0.636. The summed E-state index contributed by atoms with van der Waals surface area (Å²) >= 11 is 0. The molecule has 1 saturated carbocycles. The SMILES string of the molecule is Cc1ccc(CNC2CCCC2F)o1. The van der Waals surface area contributed by atoms with Crippen LogP contribution in [-0.4, -0.2) is 12.2 Å². The van der Waals surface area contributed by atoms with E-state index in [-0.39, 0.29) is 6.04 Å². The van der Waals surface area contributed by atoms with Crippen LogP contribution in [0.15, 0.2) is 16.5 Å². The maximum absolute atomic E-state index is 13.2. The quantitative estimate of drug-likeness (QED) is 0.805. The molecule has 0 saturated heterocycles. The van der Waals surface area contributed by atoms with Crippen LogP contribution >= 0.6 is 0 Å². The summed E-state index contributed by atoms with van der Waals surface area (Å²) in [7, 11) is 0. The average molecular weight is 197 g/mol. The molecule has 1 fully saturated rings. The first-order valence-corrected chi connectivity index (χ1v) is 5.18. The second kappa shape index (κ2) is 4.13. The number of alkyl halides is 1. The summed E-state index contributed by atoms with van der Waals surface area (Å²) in [5.74, 6) is 1.80. The Kier molecular flexibility index (Phi) is 2.87. The molecule has 2 atom stereocenters. The molecule has 1 aliphatic rings. The third kappa shape index (κ3) is 2.15. The fourth-order valence-corrected chi connectivity index (χ4v) is 1.96. The number of hydrogen-bond acceptors (Lipinski definition) is 2. The molecule has 0 radical (unpaired) electrons. The summed E-state index contributed by atoms with van der Waals surface area (Å²) in [5.41, 5.74) is 0. The highest BCUT2D eigenvalue weighted by atomic mass is 19.1. The molecule has 0 spiro atoms. The van der Waals surface area contributed by atoms with E-state index in [0.717, 1.165) is 24.4 Å². The molecule has 0 aliphatic heterocycles. The van der Waals surface area contributed by atoms with Gasteiger partial charge in [0.15, 0.2) is 0 Å². The van der Waals surface area contributed by atoms with Crippen LogP contribution in [0.2, 0.25) is 0 Å². The van der Waals surface area contributed by atoms with Gasteiger partial charge in [-0.05, 0) is 38.3 Å². The maximum Gasteiger partial charge on any atom is 0.117 e. The van der Waals surface area contributed by atoms with Gasteiger partial charge in [-0.1, -0.05) is 0 Å². The standard InChI is InChI=1S/C11H16FNO/c1-8-5-6-9(14-8)7-13-11-4-2-3-10(11)12/h5-6,10-11,13H,2-4,7H2,1H3. The number of furan rings is 1. The van der Waals surface area contributed by atoms with Crippen molar-refractivity contribution in [3.63, 3.8) is 0 Å². The molecule has 2 nitrogen and oxygen atoms in total. The van der Waals surface area contributed by atoms with Gasteiger partial charge in [-0.15, -0.1) is 0 Å². The fourth-order valence-electron chi connectivity index (χ4n) is 1.96. The highest BCUT2D eigenvalue weighted by molar-refractivity contribution is 5.05. The molecule has 1 aromatic rings. The Hall–Kier alpha value is -0.830. The van der Waals surface area contributed by atoms with E-state index in [9.17, 15) is 4.39 Å². The van der Waals surface area contributed by atoms with E-state index in [2.05, 4.69) is 5.32 Å². The first kappa shape index (κ1) is 9.71. The van der Waals surface area contributed by atoms with Gasteiger partial charge in [-0.25, -0.2) is 4.39 Å². The zero-order valence-electron chi connectivity index (χ0n) is 8.42. The third-order valence-electron chi connectivity index (χ3n) is 2.77. The van der Waals surface area contributed by atoms with Crippen LogP contribution in [0.25, 0.3) is 0 Å². The minimum Gasteiger partial charge on any atom is -0.465 e. The molecule has 1 N–H and O–H groups in total. The molecule has 0 bridgehead atoms. The van der Waals surface area contributed by atoms with E-state index in [4.69, 9.17) is 4.42 Å². The van der Waals surface area contributed by atoms with E-state index in [1.165, 1.54) is 0 Å². The van der Waals surface area contributed by atoms with Gasteiger partial charge in [0.05, 0.1) is 6.54 Å². The molecular formula is C11H16FNO. The topological polar surface area (TPSA) is 25.2 Å². The summed E-state index contributed by atoms with van der Waals surface area (Å²) in [4.78, 5) is 0. The maximum atomic E-state index is 13.2. The van der Waals surface area contributed by atoms with E-state index in [1.807, 2.05) is 19.1 Å². The lowest BCUT2D eigenvalue weighted by molar-refractivity contribution is 0.274. The lowest BCUT2D eigenvalue weighted by Crippen LogP contribution is -2.32. The number of hydrogen-bond donors (Lipinski definition) is 1. The summed E-state index contributed by atoms with van der Waals surface area (Å²) in [6.07, 6.45) is 1.97. The normalized spacial score (nSPS) is 27.0. The third-order valence-corrected chi connectivity index (χ3v) is 2.77. The minimum absolute atomic E-state index is 0.0282. The Morgan fingerprint density at radius 3 is 2.93 bits per heavy atom. The van der Waals surface area contributed by atoms with Crippen molar-refractivity contribution in [1.82, 2.24) is 5.32 Å². The monoisotopic (exact) mass is 197 g/mol. The zero-order valence-corrected chi connectivity index (χ0v) is 8.42. The molecule has 0 amide bonds. The van der Waals surface area contributed by atoms with Crippen molar-refractivity contribution in [3.05, 3.63) is 23.7 Å². The molecule has 2 unspecified atom stereocenters. The molecule has 1 aromatic heterocycles. The number of halogens is 1. The predicted molar refractivity (Wildman–Crippen MR) is 52.8 cm³/mol. The van der Waals surface area contributed by atoms with Gasteiger partial charge in [-0.3, -0.25) is 0 Å². The molecule has 1 heterocycles. The molecule has 0 aromatic carbocycles. The van der Waals surface area contributed by atoms with Crippen LogP contribution in [0.3, 0.4) is 0 Å². The van der Waals surface area contributed by atoms with E-state index < -0.39 is 6.17 Å². The van der Waals surface area contributed by atoms with Crippen molar-refractivity contribution in [2.24, 2.45) is 0 Å². The lowest BCUT2D eigenvalue weighted by Gasteiger charge is -2.13. The van der Waals surface area contributed by atoms with Gasteiger partial charge in [0.2, 0.25) is 0 Å². The van der Waals surface area contributed by atoms with Crippen LogP contribution in [0.4, 0.5) is 4.39 Å². The van der Waals surface area contributed by atoms with Gasteiger partial charge in [0, 0.05) is 6.04 Å². The highest BCUT2D eigenvalue weighted by Gasteiger charge is 2.26. The molecule has 2 rings (SSSR count). The zero-order chi connectivity index (χ0) is 9.97. The first-order chi connectivity index (χ1) is 6.75. The van der Waals surface area contributed by atoms with Crippen LogP contribution in [0.5, 0.6) is 0 Å². The van der Waals surface area contributed by atoms with E-state index in [0.29, 0.717) is 13.0 Å². The summed E-state index contributed by atoms with van der Waals surface area (Å²) in [6, 6.07) is 3.89. The smallest absolute Gasteiger partial charge is 0.117 e. The van der Waals surface area contributed by atoms with Crippen molar-refractivity contribution in [2.75, 3.05) is 0 Å². The van der Waals surface area contributed by atoms with Crippen molar-refractivity contribution in [2.45, 2.75) is 44.9 Å². The Morgan fingerprint density at radius 2 is 2.36 bits per heavy atom. The van der Waals surface area contributed by atoms with E-state index >= 15 is 0 Å². The Bertz CT molecular complexity index is 297. The average Bonchev–Trinajstić information content (AvgIpc) is 2.72. The Morgan fingerprint density at radius 1 is 1.50 bits per heavy atom. The van der Waals surface area contributed by atoms with Crippen molar-refractivity contribution >= 4 is 0 Å². The minimum atomic E-state index is -0.675. The first-order valence-electron chi connectivity index (χ1n) is 5.18. The van der Waals surface area contributed by atoms with Crippen molar-refractivity contribution in [1.29, 1.82) is 0 Å². The highest BCUT2D eigenvalue weighted by Crippen LogP contribution is 2.22. The molecular weight excluding hydrogens is 181 g/mol. The van der Waals surface area contributed by atoms with Gasteiger partial charge < -0.3 is 9.73 Å². The van der Waals surface area contributed by atoms with Crippen LogP contribution in [-0.2, 0) is 6.54 Å².